The number of aliphatic hydroxyl groups is 1. The monoisotopic (exact) mass is 671 g/mol. The number of amides is 2. The molecule has 252 valence electrons. The molecule has 5 rings (SSSR count). The predicted octanol–water partition coefficient (Wildman–Crippen LogP) is 2.28. The Kier molecular flexibility index (Phi) is 11.0. The zero-order valence-corrected chi connectivity index (χ0v) is 27.1. The number of piperazine rings is 1. The summed E-state index contributed by atoms with van der Waals surface area (Å²) in [5.41, 5.74) is 1.33. The van der Waals surface area contributed by atoms with Gasteiger partial charge in [0.2, 0.25) is 0 Å². The molecule has 0 saturated carbocycles. The van der Waals surface area contributed by atoms with Crippen LogP contribution in [0.5, 0.6) is 0 Å². The van der Waals surface area contributed by atoms with Crippen LogP contribution in [0.4, 0.5) is 8.78 Å². The number of hydrogen-bond donors (Lipinski definition) is 3. The lowest BCUT2D eigenvalue weighted by molar-refractivity contribution is 0.0599. The van der Waals surface area contributed by atoms with Gasteiger partial charge < -0.3 is 25.4 Å². The highest BCUT2D eigenvalue weighted by molar-refractivity contribution is 7.89. The summed E-state index contributed by atoms with van der Waals surface area (Å²) in [6.07, 6.45) is 1.47. The van der Waals surface area contributed by atoms with Gasteiger partial charge in [0.15, 0.2) is 5.03 Å². The Hall–Kier alpha value is -3.82. The molecular weight excluding hydrogens is 632 g/mol. The van der Waals surface area contributed by atoms with E-state index >= 15 is 0 Å². The van der Waals surface area contributed by atoms with Crippen LogP contribution in [-0.4, -0.2) is 104 Å². The van der Waals surface area contributed by atoms with Crippen molar-refractivity contribution in [2.24, 2.45) is 0 Å². The first kappa shape index (κ1) is 34.5. The third-order valence-corrected chi connectivity index (χ3v) is 10.3. The first-order valence-corrected chi connectivity index (χ1v) is 16.9. The summed E-state index contributed by atoms with van der Waals surface area (Å²) in [6, 6.07) is 10.2. The topological polar surface area (TPSA) is 141 Å². The van der Waals surface area contributed by atoms with E-state index in [0.717, 1.165) is 31.0 Å². The molecule has 0 aliphatic carbocycles. The number of ether oxygens (including phenoxy) is 1. The fourth-order valence-electron chi connectivity index (χ4n) is 6.27. The zero-order chi connectivity index (χ0) is 33.7. The molecule has 2 aromatic carbocycles. The average molecular weight is 672 g/mol. The molecule has 0 radical (unpaired) electrons. The van der Waals surface area contributed by atoms with E-state index in [2.05, 4.69) is 15.6 Å². The molecule has 0 unspecified atom stereocenters. The van der Waals surface area contributed by atoms with Crippen molar-refractivity contribution in [2.75, 3.05) is 39.9 Å². The van der Waals surface area contributed by atoms with Crippen LogP contribution in [0.15, 0.2) is 65.8 Å². The lowest BCUT2D eigenvalue weighted by atomic mass is 9.94. The first-order valence-electron chi connectivity index (χ1n) is 15.5. The number of aliphatic hydroxyl groups excluding tert-OH is 1. The quantitative estimate of drug-likeness (QED) is 0.282. The number of sulfonamides is 1. The number of hydrogen-bond acceptors (Lipinski definition) is 8. The Morgan fingerprint density at radius 1 is 1.11 bits per heavy atom. The molecule has 2 amide bonds. The van der Waals surface area contributed by atoms with Crippen molar-refractivity contribution in [3.8, 4) is 0 Å². The minimum absolute atomic E-state index is 0.0690. The Morgan fingerprint density at radius 3 is 2.55 bits per heavy atom. The molecule has 2 aliphatic heterocycles. The number of halogens is 2. The van der Waals surface area contributed by atoms with E-state index < -0.39 is 45.8 Å². The van der Waals surface area contributed by atoms with Crippen LogP contribution >= 0.6 is 0 Å². The highest BCUT2D eigenvalue weighted by Gasteiger charge is 2.37. The average Bonchev–Trinajstić information content (AvgIpc) is 3.52. The number of carbonyl (C=O) groups excluding carboxylic acids is 2. The van der Waals surface area contributed by atoms with Gasteiger partial charge in [-0.15, -0.1) is 0 Å². The van der Waals surface area contributed by atoms with Crippen molar-refractivity contribution < 1.29 is 36.6 Å². The van der Waals surface area contributed by atoms with Gasteiger partial charge in [-0.1, -0.05) is 6.07 Å². The van der Waals surface area contributed by atoms with E-state index in [-0.39, 0.29) is 54.2 Å². The van der Waals surface area contributed by atoms with Crippen molar-refractivity contribution in [3.05, 3.63) is 94.7 Å². The minimum Gasteiger partial charge on any atom is -0.389 e. The largest absolute Gasteiger partial charge is 0.389 e. The second-order valence-electron chi connectivity index (χ2n) is 12.0. The predicted molar refractivity (Wildman–Crippen MR) is 169 cm³/mol. The number of aromatic nitrogens is 1. The fourth-order valence-corrected chi connectivity index (χ4v) is 7.67. The summed E-state index contributed by atoms with van der Waals surface area (Å²) in [7, 11) is -2.40. The molecule has 4 atom stereocenters. The SMILES string of the molecule is COC[C@H]1CCCN1C(=O)c1cc(C)cc(C(=O)N[C@@H](Cc2cc(F)cc(F)c2)[C@H](O)[C@H]2CN(S(=O)(=O)c3ccccn3)CCN2)c1. The van der Waals surface area contributed by atoms with Gasteiger partial charge in [-0.05, 0) is 79.8 Å². The van der Waals surface area contributed by atoms with Crippen LogP contribution in [0.25, 0.3) is 0 Å². The zero-order valence-electron chi connectivity index (χ0n) is 26.2. The summed E-state index contributed by atoms with van der Waals surface area (Å²) in [6.45, 7) is 2.91. The first-order chi connectivity index (χ1) is 22.5. The lowest BCUT2D eigenvalue weighted by Crippen LogP contribution is -2.62. The Balaban J connectivity index is 1.40. The van der Waals surface area contributed by atoms with Gasteiger partial charge in [-0.2, -0.15) is 4.31 Å². The van der Waals surface area contributed by atoms with Crippen LogP contribution in [-0.2, 0) is 21.2 Å². The van der Waals surface area contributed by atoms with E-state index in [1.165, 1.54) is 22.6 Å². The molecule has 2 aliphatic rings. The number of aryl methyl sites for hydroxylation is 1. The number of carbonyl (C=O) groups is 2. The van der Waals surface area contributed by atoms with Crippen molar-refractivity contribution in [3.63, 3.8) is 0 Å². The Morgan fingerprint density at radius 2 is 1.85 bits per heavy atom. The van der Waals surface area contributed by atoms with Gasteiger partial charge in [0, 0.05) is 62.7 Å². The van der Waals surface area contributed by atoms with E-state index in [9.17, 15) is 31.9 Å². The molecule has 14 heteroatoms. The number of rotatable bonds is 11. The van der Waals surface area contributed by atoms with Crippen LogP contribution < -0.4 is 10.6 Å². The second-order valence-corrected chi connectivity index (χ2v) is 13.9. The van der Waals surface area contributed by atoms with E-state index in [1.807, 2.05) is 0 Å². The number of nitrogens with one attached hydrogen (secondary N) is 2. The number of pyridine rings is 1. The maximum Gasteiger partial charge on any atom is 0.260 e. The van der Waals surface area contributed by atoms with Crippen molar-refractivity contribution >= 4 is 21.8 Å². The summed E-state index contributed by atoms with van der Waals surface area (Å²) in [5.74, 6) is -2.49. The smallest absolute Gasteiger partial charge is 0.260 e. The summed E-state index contributed by atoms with van der Waals surface area (Å²) < 4.78 is 61.4. The van der Waals surface area contributed by atoms with Gasteiger partial charge in [0.25, 0.3) is 21.8 Å². The molecule has 1 aromatic heterocycles. The highest BCUT2D eigenvalue weighted by atomic mass is 32.2. The molecule has 2 saturated heterocycles. The van der Waals surface area contributed by atoms with E-state index in [0.29, 0.717) is 24.3 Å². The third-order valence-electron chi connectivity index (χ3n) is 8.51. The molecule has 3 aromatic rings. The second kappa shape index (κ2) is 14.9. The molecule has 0 bridgehead atoms. The molecule has 0 spiro atoms. The van der Waals surface area contributed by atoms with E-state index in [1.54, 1.807) is 43.2 Å². The van der Waals surface area contributed by atoms with Gasteiger partial charge in [0.1, 0.15) is 11.6 Å². The lowest BCUT2D eigenvalue weighted by Gasteiger charge is -2.38. The normalized spacial score (nSPS) is 20.1. The highest BCUT2D eigenvalue weighted by Crippen LogP contribution is 2.23. The molecule has 47 heavy (non-hydrogen) atoms. The summed E-state index contributed by atoms with van der Waals surface area (Å²) >= 11 is 0. The Bertz CT molecular complexity index is 1680. The van der Waals surface area contributed by atoms with E-state index in [4.69, 9.17) is 4.74 Å². The maximum absolute atomic E-state index is 14.1. The summed E-state index contributed by atoms with van der Waals surface area (Å²) in [4.78, 5) is 32.9. The van der Waals surface area contributed by atoms with Gasteiger partial charge >= 0.3 is 0 Å². The Labute approximate surface area is 273 Å². The van der Waals surface area contributed by atoms with Crippen molar-refractivity contribution in [2.45, 2.75) is 55.4 Å². The van der Waals surface area contributed by atoms with Crippen LogP contribution in [0.2, 0.25) is 0 Å². The molecule has 3 N–H and O–H groups in total. The molecule has 3 heterocycles. The van der Waals surface area contributed by atoms with Gasteiger partial charge in [-0.25, -0.2) is 22.2 Å². The number of nitrogens with zero attached hydrogens (tertiary/aromatic N) is 3. The maximum atomic E-state index is 14.1. The standard InChI is InChI=1S/C33H39F2N5O6S/c1-21-12-23(17-24(13-21)33(43)40-10-5-6-27(40)20-46-2)32(42)38-28(16-22-14-25(34)18-26(35)15-22)31(41)29-19-39(11-9-36-29)47(44,45)30-7-3-4-8-37-30/h3-4,7-8,12-15,17-18,27-29,31,36,41H,5-6,9-11,16,19-20H2,1-2H3,(H,38,42)/t27-,28+,29-,31+/m1/s1. The van der Waals surface area contributed by atoms with Gasteiger partial charge in [-0.3, -0.25) is 9.59 Å². The van der Waals surface area contributed by atoms with Crippen molar-refractivity contribution in [1.29, 1.82) is 0 Å². The van der Waals surface area contributed by atoms with Crippen molar-refractivity contribution in [1.82, 2.24) is 24.8 Å². The number of methoxy groups -OCH3 is 1. The van der Waals surface area contributed by atoms with Crippen LogP contribution in [0.3, 0.4) is 0 Å². The van der Waals surface area contributed by atoms with Gasteiger partial charge in [0.05, 0.1) is 24.8 Å². The minimum atomic E-state index is -3.98. The number of benzene rings is 2. The fraction of sp³-hybridized carbons (Fsp3) is 0.424. The van der Waals surface area contributed by atoms with Crippen LogP contribution in [0.1, 0.15) is 44.7 Å². The third kappa shape index (κ3) is 8.19. The molecule has 2 fully saturated rings. The molecular formula is C33H39F2N5O6S. The van der Waals surface area contributed by atoms with Crippen LogP contribution in [0, 0.1) is 18.6 Å². The molecule has 11 nitrogen and oxygen atoms in total. The summed E-state index contributed by atoms with van der Waals surface area (Å²) in [5, 5.41) is 17.4. The number of likely N-dealkylation sites (tertiary alicyclic amines) is 1.